The zero-order valence-electron chi connectivity index (χ0n) is 27.0. The molecule has 0 radical (unpaired) electrons. The van der Waals surface area contributed by atoms with Crippen LogP contribution in [0.15, 0.2) is 78.0 Å². The number of amides is 2. The van der Waals surface area contributed by atoms with E-state index in [0.29, 0.717) is 33.6 Å². The topological polar surface area (TPSA) is 93.9 Å². The van der Waals surface area contributed by atoms with Gasteiger partial charge in [-0.3, -0.25) is 0 Å². The molecule has 1 fully saturated rings. The van der Waals surface area contributed by atoms with Gasteiger partial charge in [-0.15, -0.1) is 18.3 Å². The number of aromatic nitrogens is 3. The summed E-state index contributed by atoms with van der Waals surface area (Å²) in [5.74, 6) is 1.73. The van der Waals surface area contributed by atoms with E-state index >= 15 is 4.39 Å². The van der Waals surface area contributed by atoms with Gasteiger partial charge in [-0.1, -0.05) is 55.9 Å². The Morgan fingerprint density at radius 3 is 2.38 bits per heavy atom. The Morgan fingerprint density at radius 2 is 1.73 bits per heavy atom. The lowest BCUT2D eigenvalue weighted by atomic mass is 9.99. The van der Waals surface area contributed by atoms with E-state index in [0.717, 1.165) is 23.4 Å². The molecule has 254 valence electrons. The summed E-state index contributed by atoms with van der Waals surface area (Å²) in [7, 11) is 1.62. The molecule has 5 rings (SSSR count). The molecule has 48 heavy (non-hydrogen) atoms. The summed E-state index contributed by atoms with van der Waals surface area (Å²) in [6, 6.07) is 16.2. The first-order valence-electron chi connectivity index (χ1n) is 15.3. The number of aliphatic imine (C=N–C) groups is 1. The number of carbonyl (C=O) groups is 1. The second-order valence-corrected chi connectivity index (χ2v) is 12.7. The van der Waals surface area contributed by atoms with Gasteiger partial charge in [0.1, 0.15) is 24.0 Å². The predicted molar refractivity (Wildman–Crippen MR) is 179 cm³/mol. The van der Waals surface area contributed by atoms with E-state index in [9.17, 15) is 18.0 Å². The highest BCUT2D eigenvalue weighted by atomic mass is 32.2. The second-order valence-electron chi connectivity index (χ2n) is 11.6. The minimum Gasteiger partial charge on any atom is -0.497 e. The molecule has 1 N–H and O–H groups in total. The summed E-state index contributed by atoms with van der Waals surface area (Å²) >= 11 is 1.49. The highest BCUT2D eigenvalue weighted by Gasteiger charge is 2.31. The van der Waals surface area contributed by atoms with Crippen LogP contribution < -0.4 is 19.7 Å². The normalized spacial score (nSPS) is 17.3. The Hall–Kier alpha value is -4.59. The molecule has 0 bridgehead atoms. The molecule has 2 amide bonds. The average molecular weight is 685 g/mol. The number of carbonyl (C=O) groups excluding carboxylic acids is 1. The number of hydrogen-bond donors (Lipinski definition) is 1. The Kier molecular flexibility index (Phi) is 10.6. The van der Waals surface area contributed by atoms with Crippen molar-refractivity contribution < 1.29 is 31.8 Å². The van der Waals surface area contributed by atoms with E-state index in [4.69, 9.17) is 4.74 Å². The molecule has 0 saturated carbocycles. The van der Waals surface area contributed by atoms with Crippen molar-refractivity contribution in [3.8, 4) is 28.6 Å². The lowest BCUT2D eigenvalue weighted by molar-refractivity contribution is -0.274. The number of ether oxygens (including phenoxy) is 2. The molecule has 3 unspecified atom stereocenters. The maximum absolute atomic E-state index is 15.6. The van der Waals surface area contributed by atoms with Crippen molar-refractivity contribution >= 4 is 28.6 Å². The molecule has 14 heteroatoms. The number of alkyl halides is 4. The van der Waals surface area contributed by atoms with Crippen LogP contribution >= 0.6 is 11.8 Å². The molecular formula is C34H36F4N6O3S. The smallest absolute Gasteiger partial charge is 0.497 e. The van der Waals surface area contributed by atoms with Gasteiger partial charge in [-0.05, 0) is 67.6 Å². The maximum Gasteiger partial charge on any atom is 0.573 e. The largest absolute Gasteiger partial charge is 0.573 e. The SMILES string of the molecule is COc1ccc(C(C)C)c(N2C(=NC(=O)NC(C)C(F)c3ccc(-c4ncn(-c5ccc(OC(F)(F)F)cc5)n4)cc3)SCCC2C)c1. The van der Waals surface area contributed by atoms with Crippen molar-refractivity contribution in [2.75, 3.05) is 17.8 Å². The number of thioether (sulfide) groups is 1. The summed E-state index contributed by atoms with van der Waals surface area (Å²) in [4.78, 5) is 23.8. The molecule has 9 nitrogen and oxygen atoms in total. The van der Waals surface area contributed by atoms with E-state index in [2.05, 4.69) is 50.8 Å². The molecule has 3 atom stereocenters. The first-order valence-corrected chi connectivity index (χ1v) is 16.3. The third kappa shape index (κ3) is 8.27. The predicted octanol–water partition coefficient (Wildman–Crippen LogP) is 8.46. The minimum atomic E-state index is -4.78. The van der Waals surface area contributed by atoms with Gasteiger partial charge < -0.3 is 19.7 Å². The van der Waals surface area contributed by atoms with Crippen LogP contribution in [0.3, 0.4) is 0 Å². The van der Waals surface area contributed by atoms with Crippen molar-refractivity contribution in [1.29, 1.82) is 0 Å². The van der Waals surface area contributed by atoms with Crippen LogP contribution in [0.4, 0.5) is 28.0 Å². The van der Waals surface area contributed by atoms with Crippen LogP contribution in [0.2, 0.25) is 0 Å². The van der Waals surface area contributed by atoms with Gasteiger partial charge in [0.2, 0.25) is 0 Å². The molecule has 1 aliphatic rings. The molecule has 1 aliphatic heterocycles. The quantitative estimate of drug-likeness (QED) is 0.177. The highest BCUT2D eigenvalue weighted by molar-refractivity contribution is 8.14. The third-order valence-corrected chi connectivity index (χ3v) is 8.82. The lowest BCUT2D eigenvalue weighted by Gasteiger charge is -2.37. The molecule has 3 aromatic carbocycles. The Labute approximate surface area is 280 Å². The van der Waals surface area contributed by atoms with Crippen molar-refractivity contribution in [3.63, 3.8) is 0 Å². The van der Waals surface area contributed by atoms with Gasteiger partial charge in [0.25, 0.3) is 0 Å². The van der Waals surface area contributed by atoms with Crippen LogP contribution in [0.25, 0.3) is 17.1 Å². The van der Waals surface area contributed by atoms with Gasteiger partial charge in [0.15, 0.2) is 11.0 Å². The number of nitrogens with one attached hydrogen (secondary N) is 1. The standard InChI is InChI=1S/C34H36F4N6O3S/c1-20(2)28-15-14-27(46-5)18-29(28)44-21(3)16-17-48-33(44)41-32(45)40-22(4)30(35)23-6-8-24(9-7-23)31-39-19-43(42-31)25-10-12-26(13-11-25)47-34(36,37)38/h6-15,18-22,30H,16-17H2,1-5H3,(H,40,45). The Morgan fingerprint density at radius 1 is 1.04 bits per heavy atom. The van der Waals surface area contributed by atoms with Crippen LogP contribution in [-0.2, 0) is 0 Å². The van der Waals surface area contributed by atoms with Gasteiger partial charge in [-0.25, -0.2) is 18.9 Å². The summed E-state index contributed by atoms with van der Waals surface area (Å²) in [6.45, 7) is 7.89. The van der Waals surface area contributed by atoms with Crippen molar-refractivity contribution in [2.24, 2.45) is 4.99 Å². The summed E-state index contributed by atoms with van der Waals surface area (Å²) in [5, 5.41) is 7.62. The van der Waals surface area contributed by atoms with Crippen molar-refractivity contribution in [2.45, 2.75) is 64.7 Å². The number of anilines is 1. The molecular weight excluding hydrogens is 648 g/mol. The highest BCUT2D eigenvalue weighted by Crippen LogP contribution is 2.37. The van der Waals surface area contributed by atoms with Gasteiger partial charge in [0, 0.05) is 23.4 Å². The van der Waals surface area contributed by atoms with E-state index in [-0.39, 0.29) is 17.7 Å². The third-order valence-electron chi connectivity index (χ3n) is 7.83. The van der Waals surface area contributed by atoms with Gasteiger partial charge in [-0.2, -0.15) is 4.99 Å². The fourth-order valence-corrected chi connectivity index (χ4v) is 6.50. The number of rotatable bonds is 9. The molecule has 0 spiro atoms. The average Bonchev–Trinajstić information content (AvgIpc) is 3.54. The fourth-order valence-electron chi connectivity index (χ4n) is 5.29. The summed E-state index contributed by atoms with van der Waals surface area (Å²) in [6.07, 6.45) is -3.98. The first-order chi connectivity index (χ1) is 22.8. The Bertz CT molecular complexity index is 1750. The number of urea groups is 1. The van der Waals surface area contributed by atoms with Gasteiger partial charge >= 0.3 is 12.4 Å². The van der Waals surface area contributed by atoms with Crippen molar-refractivity contribution in [1.82, 2.24) is 20.1 Å². The number of methoxy groups -OCH3 is 1. The molecule has 4 aromatic rings. The summed E-state index contributed by atoms with van der Waals surface area (Å²) < 4.78 is 63.7. The first kappa shape index (κ1) is 34.7. The number of nitrogens with zero attached hydrogens (tertiary/aromatic N) is 5. The molecule has 2 heterocycles. The zero-order valence-corrected chi connectivity index (χ0v) is 27.8. The fraction of sp³-hybridized carbons (Fsp3) is 0.353. The monoisotopic (exact) mass is 684 g/mol. The second kappa shape index (κ2) is 14.7. The zero-order chi connectivity index (χ0) is 34.6. The molecule has 1 saturated heterocycles. The van der Waals surface area contributed by atoms with E-state index in [1.807, 2.05) is 18.2 Å². The minimum absolute atomic E-state index is 0.0894. The molecule has 1 aromatic heterocycles. The van der Waals surface area contributed by atoms with Crippen LogP contribution in [-0.4, -0.2) is 57.3 Å². The van der Waals surface area contributed by atoms with E-state index in [1.165, 1.54) is 47.0 Å². The van der Waals surface area contributed by atoms with E-state index in [1.54, 1.807) is 38.3 Å². The summed E-state index contributed by atoms with van der Waals surface area (Å²) in [5.41, 5.74) is 3.46. The van der Waals surface area contributed by atoms with Crippen molar-refractivity contribution in [3.05, 3.63) is 84.2 Å². The Balaban J connectivity index is 1.25. The number of hydrogen-bond acceptors (Lipinski definition) is 6. The van der Waals surface area contributed by atoms with E-state index < -0.39 is 24.6 Å². The molecule has 0 aliphatic carbocycles. The number of amidine groups is 1. The van der Waals surface area contributed by atoms with Gasteiger partial charge in [0.05, 0.1) is 24.5 Å². The van der Waals surface area contributed by atoms with Crippen LogP contribution in [0.5, 0.6) is 11.5 Å². The van der Waals surface area contributed by atoms with Crippen LogP contribution in [0.1, 0.15) is 57.3 Å². The number of benzene rings is 3. The van der Waals surface area contributed by atoms with Crippen LogP contribution in [0, 0.1) is 0 Å². The number of halogens is 4. The lowest BCUT2D eigenvalue weighted by Crippen LogP contribution is -2.43. The maximum atomic E-state index is 15.6.